The van der Waals surface area contributed by atoms with Crippen LogP contribution in [0.1, 0.15) is 58.0 Å². The molecule has 5 rings (SSSR count). The number of aromatic nitrogens is 3. The molecular weight excluding hydrogens is 677 g/mol. The lowest BCUT2D eigenvalue weighted by molar-refractivity contribution is -0.116. The summed E-state index contributed by atoms with van der Waals surface area (Å²) in [7, 11) is -1.37. The number of aliphatic hydroxyl groups is 1. The van der Waals surface area contributed by atoms with E-state index in [9.17, 15) is 19.1 Å². The lowest BCUT2D eigenvalue weighted by Crippen LogP contribution is -2.33. The van der Waals surface area contributed by atoms with Crippen molar-refractivity contribution in [2.24, 2.45) is 0 Å². The second kappa shape index (κ2) is 15.0. The molecule has 2 aromatic carbocycles. The van der Waals surface area contributed by atoms with E-state index in [2.05, 4.69) is 30.3 Å². The van der Waals surface area contributed by atoms with Crippen LogP contribution in [-0.4, -0.2) is 51.9 Å². The van der Waals surface area contributed by atoms with Crippen molar-refractivity contribution in [1.82, 2.24) is 14.5 Å². The Hall–Kier alpha value is -4.10. The number of nitrogens with one attached hydrogen (secondary N) is 2. The summed E-state index contributed by atoms with van der Waals surface area (Å²) in [6, 6.07) is 13.7. The van der Waals surface area contributed by atoms with Gasteiger partial charge in [-0.05, 0) is 88.5 Å². The number of rotatable bonds is 8. The molecule has 266 valence electrons. The molecule has 1 aliphatic heterocycles. The van der Waals surface area contributed by atoms with E-state index < -0.39 is 31.2 Å². The first-order valence-corrected chi connectivity index (χ1v) is 20.8. The summed E-state index contributed by atoms with van der Waals surface area (Å²) in [6.07, 6.45) is 4.11. The zero-order valence-corrected chi connectivity index (χ0v) is 31.2. The van der Waals surface area contributed by atoms with Gasteiger partial charge in [0.1, 0.15) is 24.0 Å². The van der Waals surface area contributed by atoms with Crippen molar-refractivity contribution in [1.29, 1.82) is 0 Å². The van der Waals surface area contributed by atoms with Gasteiger partial charge in [-0.3, -0.25) is 15.1 Å². The van der Waals surface area contributed by atoms with Crippen LogP contribution in [0.15, 0.2) is 60.9 Å². The molecule has 2 amide bonds. The number of hydrogen-bond donors (Lipinski definition) is 3. The van der Waals surface area contributed by atoms with Gasteiger partial charge in [-0.2, -0.15) is 0 Å². The number of carbonyl (C=O) groups excluding carboxylic acids is 2. The van der Waals surface area contributed by atoms with Gasteiger partial charge in [0.25, 0.3) is 0 Å². The van der Waals surface area contributed by atoms with Crippen molar-refractivity contribution < 1.29 is 28.6 Å². The lowest BCUT2D eigenvalue weighted by Gasteiger charge is -2.28. The minimum absolute atomic E-state index is 0.104. The lowest BCUT2D eigenvalue weighted by atomic mass is 9.90. The molecular formula is C37H45ClFN5O5Si. The zero-order chi connectivity index (χ0) is 36.3. The fourth-order valence-corrected chi connectivity index (χ4v) is 6.59. The van der Waals surface area contributed by atoms with E-state index >= 15 is 0 Å². The fourth-order valence-electron chi connectivity index (χ4n) is 5.66. The van der Waals surface area contributed by atoms with Crippen LogP contribution in [0, 0.1) is 5.82 Å². The highest BCUT2D eigenvalue weighted by atomic mass is 35.5. The quantitative estimate of drug-likeness (QED) is 0.123. The molecule has 2 aromatic heterocycles. The highest BCUT2D eigenvalue weighted by molar-refractivity contribution is 6.76. The summed E-state index contributed by atoms with van der Waals surface area (Å²) in [5, 5.41) is 18.8. The van der Waals surface area contributed by atoms with Crippen molar-refractivity contribution in [2.45, 2.75) is 90.1 Å². The summed E-state index contributed by atoms with van der Waals surface area (Å²) in [6.45, 7) is 12.8. The van der Waals surface area contributed by atoms with Crippen LogP contribution < -0.4 is 10.6 Å². The molecule has 3 N–H and O–H groups in total. The number of fused-ring (bicyclic) bond motifs is 4. The summed E-state index contributed by atoms with van der Waals surface area (Å²) < 4.78 is 27.9. The number of benzene rings is 2. The first-order chi connectivity index (χ1) is 23.5. The van der Waals surface area contributed by atoms with Crippen molar-refractivity contribution >= 4 is 43.1 Å². The highest BCUT2D eigenvalue weighted by Crippen LogP contribution is 2.39. The average Bonchev–Trinajstić information content (AvgIpc) is 3.46. The van der Waals surface area contributed by atoms with Crippen LogP contribution in [0.5, 0.6) is 0 Å². The van der Waals surface area contributed by atoms with Gasteiger partial charge in [-0.15, -0.1) is 0 Å². The van der Waals surface area contributed by atoms with Gasteiger partial charge in [0.2, 0.25) is 5.91 Å². The Balaban J connectivity index is 1.57. The van der Waals surface area contributed by atoms with Crippen molar-refractivity contribution in [3.8, 4) is 22.4 Å². The van der Waals surface area contributed by atoms with E-state index in [0.717, 1.165) is 6.04 Å². The molecule has 0 saturated carbocycles. The smallest absolute Gasteiger partial charge is 0.412 e. The average molecular weight is 722 g/mol. The van der Waals surface area contributed by atoms with Crippen molar-refractivity contribution in [3.05, 3.63) is 83.3 Å². The second-order valence-electron chi connectivity index (χ2n) is 14.8. The van der Waals surface area contributed by atoms with Crippen molar-refractivity contribution in [3.63, 3.8) is 0 Å². The third-order valence-corrected chi connectivity index (χ3v) is 10.2. The standard InChI is InChI=1S/C37H45ClFN5O5Si/c1-36(2,3)49-35(46)43-29-13-11-25(38)19-27(29)24-10-15-32(40-21-24)37(47)16-8-7-9-33(45)41-30-14-12-26(39)20-28(30)31-22-44(34(37)42-31)23-48-17-18-50(4,5)6/h10-15,19-22,47H,7-9,16-18,23H2,1-6H3,(H,41,45)(H,43,46). The van der Waals surface area contributed by atoms with Crippen LogP contribution in [0.25, 0.3) is 22.4 Å². The molecule has 1 unspecified atom stereocenters. The maximum absolute atomic E-state index is 14.6. The number of anilines is 2. The van der Waals surface area contributed by atoms with Gasteiger partial charge < -0.3 is 24.5 Å². The molecule has 0 radical (unpaired) electrons. The Morgan fingerprint density at radius 3 is 2.60 bits per heavy atom. The predicted molar refractivity (Wildman–Crippen MR) is 196 cm³/mol. The van der Waals surface area contributed by atoms with E-state index in [1.165, 1.54) is 18.2 Å². The Bertz CT molecular complexity index is 1850. The Morgan fingerprint density at radius 1 is 1.12 bits per heavy atom. The minimum atomic E-state index is -1.70. The third kappa shape index (κ3) is 9.36. The monoisotopic (exact) mass is 721 g/mol. The van der Waals surface area contributed by atoms with Crippen LogP contribution >= 0.6 is 11.6 Å². The van der Waals surface area contributed by atoms with E-state index in [1.54, 1.807) is 68.1 Å². The summed E-state index contributed by atoms with van der Waals surface area (Å²) in [4.78, 5) is 35.1. The number of nitrogens with zero attached hydrogens (tertiary/aromatic N) is 3. The fraction of sp³-hybridized carbons (Fsp3) is 0.405. The zero-order valence-electron chi connectivity index (χ0n) is 29.4. The molecule has 0 fully saturated rings. The van der Waals surface area contributed by atoms with E-state index in [1.807, 2.05) is 0 Å². The summed E-state index contributed by atoms with van der Waals surface area (Å²) in [5.74, 6) is -0.407. The Kier molecular flexibility index (Phi) is 11.2. The number of carbonyl (C=O) groups is 2. The number of halogens is 2. The number of ether oxygens (including phenoxy) is 2. The molecule has 13 heteroatoms. The SMILES string of the molecule is CC(C)(C)OC(=O)Nc1ccc(Cl)cc1-c1ccc(C2(O)CCCCC(=O)Nc3ccc(F)cc3-c3cn(COCC[Si](C)(C)C)c2n3)nc1. The highest BCUT2D eigenvalue weighted by Gasteiger charge is 2.38. The molecule has 0 saturated heterocycles. The van der Waals surface area contributed by atoms with Crippen LogP contribution in [-0.2, 0) is 26.6 Å². The molecule has 50 heavy (non-hydrogen) atoms. The van der Waals surface area contributed by atoms with Gasteiger partial charge in [-0.1, -0.05) is 37.3 Å². The van der Waals surface area contributed by atoms with Gasteiger partial charge >= 0.3 is 6.09 Å². The molecule has 3 heterocycles. The predicted octanol–water partition coefficient (Wildman–Crippen LogP) is 8.81. The molecule has 10 nitrogen and oxygen atoms in total. The minimum Gasteiger partial charge on any atom is -0.444 e. The first-order valence-electron chi connectivity index (χ1n) is 16.7. The molecule has 4 aromatic rings. The van der Waals surface area contributed by atoms with Gasteiger partial charge in [0.05, 0.1) is 22.8 Å². The molecule has 0 spiro atoms. The Morgan fingerprint density at radius 2 is 1.90 bits per heavy atom. The molecule has 1 aliphatic rings. The molecule has 2 bridgehead atoms. The van der Waals surface area contributed by atoms with E-state index in [-0.39, 0.29) is 31.3 Å². The maximum atomic E-state index is 14.6. The largest absolute Gasteiger partial charge is 0.444 e. The number of amides is 2. The topological polar surface area (TPSA) is 128 Å². The normalized spacial score (nSPS) is 16.9. The van der Waals surface area contributed by atoms with Gasteiger partial charge in [0, 0.05) is 55.2 Å². The van der Waals surface area contributed by atoms with E-state index in [4.69, 9.17) is 31.0 Å². The number of pyridine rings is 1. The third-order valence-electron chi connectivity index (χ3n) is 8.21. The number of imidazole rings is 1. The molecule has 1 atom stereocenters. The van der Waals surface area contributed by atoms with Crippen LogP contribution in [0.2, 0.25) is 30.7 Å². The first kappa shape index (κ1) is 37.2. The number of hydrogen-bond acceptors (Lipinski definition) is 7. The maximum Gasteiger partial charge on any atom is 0.412 e. The van der Waals surface area contributed by atoms with E-state index in [0.29, 0.717) is 63.9 Å². The van der Waals surface area contributed by atoms with Gasteiger partial charge in [0.15, 0.2) is 5.60 Å². The van der Waals surface area contributed by atoms with Gasteiger partial charge in [-0.25, -0.2) is 14.2 Å². The van der Waals surface area contributed by atoms with Crippen molar-refractivity contribution in [2.75, 3.05) is 17.2 Å². The summed E-state index contributed by atoms with van der Waals surface area (Å²) >= 11 is 6.37. The Labute approximate surface area is 298 Å². The second-order valence-corrected chi connectivity index (χ2v) is 20.9. The van der Waals surface area contributed by atoms with Crippen LogP contribution in [0.3, 0.4) is 0 Å². The summed E-state index contributed by atoms with van der Waals surface area (Å²) in [5.41, 5.74) is 0.845. The van der Waals surface area contributed by atoms with Crippen LogP contribution in [0.4, 0.5) is 20.6 Å². The molecule has 0 aliphatic carbocycles.